The fourth-order valence-corrected chi connectivity index (χ4v) is 3.50. The molecule has 1 amide bonds. The number of rotatable bonds is 6. The van der Waals surface area contributed by atoms with Crippen LogP contribution in [-0.2, 0) is 0 Å². The van der Waals surface area contributed by atoms with Gasteiger partial charge in [0.2, 0.25) is 0 Å². The van der Waals surface area contributed by atoms with Crippen LogP contribution in [-0.4, -0.2) is 30.9 Å². The first kappa shape index (κ1) is 21.7. The van der Waals surface area contributed by atoms with Crippen molar-refractivity contribution in [2.45, 2.75) is 13.8 Å². The van der Waals surface area contributed by atoms with E-state index in [0.29, 0.717) is 27.1 Å². The molecule has 1 aromatic heterocycles. The fraction of sp³-hybridized carbons (Fsp3) is 0.182. The molecule has 8 heteroatoms. The number of aryl methyl sites for hydroxylation is 1. The summed E-state index contributed by atoms with van der Waals surface area (Å²) < 4.78 is 12.4. The van der Waals surface area contributed by atoms with Crippen LogP contribution < -0.4 is 14.9 Å². The Balaban J connectivity index is 1.82. The third kappa shape index (κ3) is 4.45. The Morgan fingerprint density at radius 1 is 1.07 bits per heavy atom. The summed E-state index contributed by atoms with van der Waals surface area (Å²) in [5, 5.41) is 5.06. The Morgan fingerprint density at radius 2 is 1.73 bits per heavy atom. The molecule has 0 aliphatic heterocycles. The first-order chi connectivity index (χ1) is 14.3. The lowest BCUT2D eigenvalue weighted by molar-refractivity contribution is 0.0954. The minimum atomic E-state index is -0.379. The highest BCUT2D eigenvalue weighted by Gasteiger charge is 2.14. The molecule has 0 saturated carbocycles. The third-order valence-electron chi connectivity index (χ3n) is 4.63. The van der Waals surface area contributed by atoms with Gasteiger partial charge in [0.25, 0.3) is 5.91 Å². The van der Waals surface area contributed by atoms with Crippen molar-refractivity contribution in [3.05, 3.63) is 75.0 Å². The topological polar surface area (TPSA) is 64.8 Å². The van der Waals surface area contributed by atoms with Gasteiger partial charge in [-0.1, -0.05) is 29.3 Å². The van der Waals surface area contributed by atoms with Gasteiger partial charge < -0.3 is 14.0 Å². The molecule has 0 aliphatic carbocycles. The average Bonchev–Trinajstić information content (AvgIpc) is 3.02. The zero-order valence-corrected chi connectivity index (χ0v) is 18.5. The largest absolute Gasteiger partial charge is 0.497 e. The van der Waals surface area contributed by atoms with Gasteiger partial charge in [0.15, 0.2) is 0 Å². The SMILES string of the molecule is COc1cc(OC)cc(C(=O)N/N=C\c2cc(C)n(-c3cccc(Cl)c3Cl)c2C)c1. The Kier molecular flexibility index (Phi) is 6.70. The zero-order chi connectivity index (χ0) is 21.8. The molecular formula is C22H21Cl2N3O3. The number of nitrogens with zero attached hydrogens (tertiary/aromatic N) is 2. The van der Waals surface area contributed by atoms with E-state index < -0.39 is 0 Å². The molecule has 0 radical (unpaired) electrons. The Morgan fingerprint density at radius 3 is 2.37 bits per heavy atom. The zero-order valence-electron chi connectivity index (χ0n) is 17.0. The first-order valence-corrected chi connectivity index (χ1v) is 9.81. The molecular weight excluding hydrogens is 425 g/mol. The maximum atomic E-state index is 12.5. The van der Waals surface area contributed by atoms with Crippen molar-refractivity contribution in [1.29, 1.82) is 0 Å². The maximum Gasteiger partial charge on any atom is 0.271 e. The average molecular weight is 446 g/mol. The summed E-state index contributed by atoms with van der Waals surface area (Å²) in [6, 6.07) is 12.4. The van der Waals surface area contributed by atoms with E-state index in [2.05, 4.69) is 10.5 Å². The van der Waals surface area contributed by atoms with Gasteiger partial charge in [-0.05, 0) is 44.2 Å². The van der Waals surface area contributed by atoms with Crippen LogP contribution in [0.15, 0.2) is 47.6 Å². The second-order valence-corrected chi connectivity index (χ2v) is 7.32. The summed E-state index contributed by atoms with van der Waals surface area (Å²) in [5.74, 6) is 0.658. The summed E-state index contributed by atoms with van der Waals surface area (Å²) in [4.78, 5) is 12.5. The van der Waals surface area contributed by atoms with Gasteiger partial charge in [0.1, 0.15) is 11.5 Å². The van der Waals surface area contributed by atoms with Crippen molar-refractivity contribution in [2.75, 3.05) is 14.2 Å². The molecule has 30 heavy (non-hydrogen) atoms. The van der Waals surface area contributed by atoms with E-state index in [1.54, 1.807) is 30.5 Å². The van der Waals surface area contributed by atoms with E-state index in [-0.39, 0.29) is 5.91 Å². The summed E-state index contributed by atoms with van der Waals surface area (Å²) in [6.45, 7) is 3.91. The van der Waals surface area contributed by atoms with Gasteiger partial charge in [0, 0.05) is 28.6 Å². The number of halogens is 2. The summed E-state index contributed by atoms with van der Waals surface area (Å²) in [6.07, 6.45) is 1.59. The van der Waals surface area contributed by atoms with Crippen molar-refractivity contribution < 1.29 is 14.3 Å². The normalized spacial score (nSPS) is 11.0. The van der Waals surface area contributed by atoms with E-state index >= 15 is 0 Å². The van der Waals surface area contributed by atoms with E-state index in [9.17, 15) is 4.79 Å². The molecule has 1 N–H and O–H groups in total. The van der Waals surface area contributed by atoms with Crippen LogP contribution >= 0.6 is 23.2 Å². The number of nitrogens with one attached hydrogen (secondary N) is 1. The van der Waals surface area contributed by atoms with Crippen molar-refractivity contribution in [2.24, 2.45) is 5.10 Å². The predicted octanol–water partition coefficient (Wildman–Crippen LogP) is 5.18. The molecule has 0 bridgehead atoms. The highest BCUT2D eigenvalue weighted by Crippen LogP contribution is 2.31. The first-order valence-electron chi connectivity index (χ1n) is 9.05. The molecule has 0 aliphatic rings. The molecule has 6 nitrogen and oxygen atoms in total. The Labute approximate surface area is 185 Å². The van der Waals surface area contributed by atoms with Crippen LogP contribution in [0.4, 0.5) is 0 Å². The molecule has 156 valence electrons. The van der Waals surface area contributed by atoms with E-state index in [1.807, 2.05) is 36.6 Å². The van der Waals surface area contributed by atoms with Crippen LogP contribution in [0.3, 0.4) is 0 Å². The van der Waals surface area contributed by atoms with Crippen molar-refractivity contribution in [3.8, 4) is 17.2 Å². The van der Waals surface area contributed by atoms with Gasteiger partial charge >= 0.3 is 0 Å². The molecule has 0 atom stereocenters. The summed E-state index contributed by atoms with van der Waals surface area (Å²) >= 11 is 12.5. The predicted molar refractivity (Wildman–Crippen MR) is 120 cm³/mol. The van der Waals surface area contributed by atoms with E-state index in [4.69, 9.17) is 32.7 Å². The number of benzene rings is 2. The lowest BCUT2D eigenvalue weighted by Gasteiger charge is -2.12. The molecule has 0 spiro atoms. The second kappa shape index (κ2) is 9.24. The lowest BCUT2D eigenvalue weighted by Crippen LogP contribution is -2.17. The van der Waals surface area contributed by atoms with Crippen molar-refractivity contribution in [1.82, 2.24) is 9.99 Å². The van der Waals surface area contributed by atoms with Gasteiger partial charge in [-0.25, -0.2) is 5.43 Å². The smallest absolute Gasteiger partial charge is 0.271 e. The molecule has 0 unspecified atom stereocenters. The molecule has 0 saturated heterocycles. The number of carbonyl (C=O) groups excluding carboxylic acids is 1. The Bertz CT molecular complexity index is 1100. The number of amides is 1. The van der Waals surface area contributed by atoms with Gasteiger partial charge in [-0.15, -0.1) is 0 Å². The number of hydrazone groups is 1. The van der Waals surface area contributed by atoms with Gasteiger partial charge in [-0.3, -0.25) is 4.79 Å². The number of hydrogen-bond acceptors (Lipinski definition) is 4. The van der Waals surface area contributed by atoms with Gasteiger partial charge in [-0.2, -0.15) is 5.10 Å². The van der Waals surface area contributed by atoms with Crippen molar-refractivity contribution >= 4 is 35.3 Å². The fourth-order valence-electron chi connectivity index (χ4n) is 3.12. The van der Waals surface area contributed by atoms with E-state index in [1.165, 1.54) is 14.2 Å². The molecule has 0 fully saturated rings. The van der Waals surface area contributed by atoms with Gasteiger partial charge in [0.05, 0.1) is 36.2 Å². The number of hydrogen-bond donors (Lipinski definition) is 1. The highest BCUT2D eigenvalue weighted by atomic mass is 35.5. The lowest BCUT2D eigenvalue weighted by atomic mass is 10.2. The van der Waals surface area contributed by atoms with Crippen LogP contribution in [0.25, 0.3) is 5.69 Å². The molecule has 3 aromatic rings. The van der Waals surface area contributed by atoms with Crippen LogP contribution in [0.5, 0.6) is 11.5 Å². The van der Waals surface area contributed by atoms with Crippen LogP contribution in [0.2, 0.25) is 10.0 Å². The maximum absolute atomic E-state index is 12.5. The molecule has 2 aromatic carbocycles. The quantitative estimate of drug-likeness (QED) is 0.419. The minimum Gasteiger partial charge on any atom is -0.497 e. The second-order valence-electron chi connectivity index (χ2n) is 6.54. The van der Waals surface area contributed by atoms with E-state index in [0.717, 1.165) is 22.6 Å². The highest BCUT2D eigenvalue weighted by molar-refractivity contribution is 6.43. The number of ether oxygens (including phenoxy) is 2. The van der Waals surface area contributed by atoms with Crippen LogP contribution in [0, 0.1) is 13.8 Å². The van der Waals surface area contributed by atoms with Crippen molar-refractivity contribution in [3.63, 3.8) is 0 Å². The number of carbonyl (C=O) groups is 1. The number of methoxy groups -OCH3 is 2. The van der Waals surface area contributed by atoms with Crippen LogP contribution in [0.1, 0.15) is 27.3 Å². The standard InChI is InChI=1S/C22H21Cl2N3O3/c1-13-8-16(14(2)27(13)20-7-5-6-19(23)21(20)24)12-25-26-22(28)15-9-17(29-3)11-18(10-15)30-4/h5-12H,1-4H3,(H,26,28)/b25-12-. The third-order valence-corrected chi connectivity index (χ3v) is 5.43. The molecule has 3 rings (SSSR count). The minimum absolute atomic E-state index is 0.375. The monoisotopic (exact) mass is 445 g/mol. The summed E-state index contributed by atoms with van der Waals surface area (Å²) in [7, 11) is 3.05. The Hall–Kier alpha value is -2.96. The molecule has 1 heterocycles. The number of aromatic nitrogens is 1. The summed E-state index contributed by atoms with van der Waals surface area (Å²) in [5.41, 5.74) is 6.40.